The number of rotatable bonds is 4. The van der Waals surface area contributed by atoms with Gasteiger partial charge in [-0.25, -0.2) is 0 Å². The van der Waals surface area contributed by atoms with Crippen LogP contribution in [0.25, 0.3) is 0 Å². The van der Waals surface area contributed by atoms with Gasteiger partial charge in [0, 0.05) is 26.1 Å². The van der Waals surface area contributed by atoms with Crippen LogP contribution in [-0.4, -0.2) is 41.9 Å². The Morgan fingerprint density at radius 3 is 2.53 bits per heavy atom. The minimum atomic E-state index is -0.799. The molecule has 0 saturated carbocycles. The summed E-state index contributed by atoms with van der Waals surface area (Å²) in [5.41, 5.74) is -0.799. The molecule has 1 aliphatic heterocycles. The van der Waals surface area contributed by atoms with E-state index in [1.807, 2.05) is 4.90 Å². The highest BCUT2D eigenvalue weighted by molar-refractivity contribution is 5.85. The number of piperidine rings is 1. The van der Waals surface area contributed by atoms with Crippen LogP contribution in [0.5, 0.6) is 0 Å². The van der Waals surface area contributed by atoms with Gasteiger partial charge >= 0.3 is 0 Å². The Hall–Kier alpha value is -0.900. The Morgan fingerprint density at radius 2 is 2.00 bits per heavy atom. The molecule has 0 N–H and O–H groups in total. The molecule has 1 unspecified atom stereocenters. The Balaban J connectivity index is 2.77. The van der Waals surface area contributed by atoms with Crippen molar-refractivity contribution in [1.29, 1.82) is 0 Å². The summed E-state index contributed by atoms with van der Waals surface area (Å²) < 4.78 is 5.23. The number of carbonyl (C=O) groups is 2. The van der Waals surface area contributed by atoms with Gasteiger partial charge < -0.3 is 9.64 Å². The van der Waals surface area contributed by atoms with Gasteiger partial charge in [0.15, 0.2) is 0 Å². The topological polar surface area (TPSA) is 46.6 Å². The van der Waals surface area contributed by atoms with Crippen LogP contribution in [0.1, 0.15) is 46.5 Å². The van der Waals surface area contributed by atoms with Crippen molar-refractivity contribution in [2.75, 3.05) is 13.7 Å². The maximum absolute atomic E-state index is 12.3. The minimum absolute atomic E-state index is 0.00838. The second kappa shape index (κ2) is 5.63. The lowest BCUT2D eigenvalue weighted by atomic mass is 9.95. The molecule has 0 radical (unpaired) electrons. The molecule has 1 saturated heterocycles. The molecule has 1 atom stereocenters. The normalized spacial score (nSPS) is 21.4. The fourth-order valence-corrected chi connectivity index (χ4v) is 2.25. The molecule has 17 heavy (non-hydrogen) atoms. The maximum atomic E-state index is 12.3. The monoisotopic (exact) mass is 241 g/mol. The molecule has 98 valence electrons. The SMILES string of the molecule is COC(C)(C)C(=O)N1CCCCC1CC(C)=O. The van der Waals surface area contributed by atoms with E-state index in [-0.39, 0.29) is 17.7 Å². The number of Topliss-reactive ketones (excluding diaryl/α,β-unsaturated/α-hetero) is 1. The Bertz CT molecular complexity index is 299. The lowest BCUT2D eigenvalue weighted by molar-refractivity contribution is -0.155. The number of nitrogens with zero attached hydrogens (tertiary/aromatic N) is 1. The van der Waals surface area contributed by atoms with Crippen LogP contribution in [0.15, 0.2) is 0 Å². The fraction of sp³-hybridized carbons (Fsp3) is 0.846. The largest absolute Gasteiger partial charge is 0.369 e. The summed E-state index contributed by atoms with van der Waals surface area (Å²) in [6.45, 7) is 5.87. The van der Waals surface area contributed by atoms with Gasteiger partial charge in [-0.15, -0.1) is 0 Å². The molecule has 1 amide bonds. The highest BCUT2D eigenvalue weighted by Gasteiger charge is 2.36. The van der Waals surface area contributed by atoms with Crippen molar-refractivity contribution in [1.82, 2.24) is 4.90 Å². The molecule has 0 aromatic heterocycles. The van der Waals surface area contributed by atoms with Crippen LogP contribution < -0.4 is 0 Å². The molecule has 1 fully saturated rings. The van der Waals surface area contributed by atoms with Gasteiger partial charge in [-0.3, -0.25) is 9.59 Å². The van der Waals surface area contributed by atoms with E-state index in [1.165, 1.54) is 0 Å². The van der Waals surface area contributed by atoms with E-state index in [2.05, 4.69) is 0 Å². The second-order valence-corrected chi connectivity index (χ2v) is 5.27. The van der Waals surface area contributed by atoms with Crippen molar-refractivity contribution in [2.45, 2.75) is 58.1 Å². The van der Waals surface area contributed by atoms with E-state index in [4.69, 9.17) is 4.74 Å². The van der Waals surface area contributed by atoms with Crippen LogP contribution in [0.4, 0.5) is 0 Å². The first kappa shape index (κ1) is 14.2. The summed E-state index contributed by atoms with van der Waals surface area (Å²) in [7, 11) is 1.54. The summed E-state index contributed by atoms with van der Waals surface area (Å²) in [5.74, 6) is 0.135. The van der Waals surface area contributed by atoms with Crippen molar-refractivity contribution in [3.8, 4) is 0 Å². The van der Waals surface area contributed by atoms with Gasteiger partial charge in [-0.05, 0) is 40.0 Å². The summed E-state index contributed by atoms with van der Waals surface area (Å²) in [4.78, 5) is 25.4. The third kappa shape index (κ3) is 3.53. The van der Waals surface area contributed by atoms with Crippen LogP contribution in [0.2, 0.25) is 0 Å². The third-order valence-electron chi connectivity index (χ3n) is 3.44. The van der Waals surface area contributed by atoms with Crippen molar-refractivity contribution < 1.29 is 14.3 Å². The molecule has 0 aromatic carbocycles. The van der Waals surface area contributed by atoms with E-state index in [1.54, 1.807) is 27.9 Å². The smallest absolute Gasteiger partial charge is 0.254 e. The van der Waals surface area contributed by atoms with Crippen LogP contribution in [0.3, 0.4) is 0 Å². The molecular formula is C13H23NO3. The standard InChI is InChI=1S/C13H23NO3/c1-10(15)9-11-7-5-6-8-14(11)12(16)13(2,3)17-4/h11H,5-9H2,1-4H3. The van der Waals surface area contributed by atoms with E-state index >= 15 is 0 Å². The maximum Gasteiger partial charge on any atom is 0.254 e. The van der Waals surface area contributed by atoms with Crippen molar-refractivity contribution >= 4 is 11.7 Å². The number of carbonyl (C=O) groups excluding carboxylic acids is 2. The molecular weight excluding hydrogens is 218 g/mol. The minimum Gasteiger partial charge on any atom is -0.369 e. The Morgan fingerprint density at radius 1 is 1.35 bits per heavy atom. The van der Waals surface area contributed by atoms with E-state index in [0.29, 0.717) is 6.42 Å². The van der Waals surface area contributed by atoms with Gasteiger partial charge in [0.2, 0.25) is 0 Å². The van der Waals surface area contributed by atoms with Gasteiger partial charge in [-0.2, -0.15) is 0 Å². The van der Waals surface area contributed by atoms with Crippen LogP contribution >= 0.6 is 0 Å². The third-order valence-corrected chi connectivity index (χ3v) is 3.44. The zero-order valence-corrected chi connectivity index (χ0v) is 11.3. The predicted octanol–water partition coefficient (Wildman–Crippen LogP) is 1.77. The van der Waals surface area contributed by atoms with E-state index in [0.717, 1.165) is 25.8 Å². The first-order valence-electron chi connectivity index (χ1n) is 6.24. The molecule has 1 aliphatic rings. The molecule has 0 spiro atoms. The fourth-order valence-electron chi connectivity index (χ4n) is 2.25. The number of ether oxygens (including phenoxy) is 1. The summed E-state index contributed by atoms with van der Waals surface area (Å²) in [6.07, 6.45) is 3.49. The average molecular weight is 241 g/mol. The van der Waals surface area contributed by atoms with Gasteiger partial charge in [0.05, 0.1) is 0 Å². The molecule has 0 bridgehead atoms. The molecule has 0 aliphatic carbocycles. The van der Waals surface area contributed by atoms with Crippen LogP contribution in [0, 0.1) is 0 Å². The van der Waals surface area contributed by atoms with Crippen molar-refractivity contribution in [3.63, 3.8) is 0 Å². The van der Waals surface area contributed by atoms with Gasteiger partial charge in [0.1, 0.15) is 11.4 Å². The number of ketones is 1. The molecule has 1 rings (SSSR count). The Kier molecular flexibility index (Phi) is 4.69. The number of amides is 1. The second-order valence-electron chi connectivity index (χ2n) is 5.27. The first-order chi connectivity index (χ1) is 7.88. The van der Waals surface area contributed by atoms with Gasteiger partial charge in [0.25, 0.3) is 5.91 Å². The molecule has 0 aromatic rings. The summed E-state index contributed by atoms with van der Waals surface area (Å²) in [6, 6.07) is 0.0585. The van der Waals surface area contributed by atoms with Gasteiger partial charge in [-0.1, -0.05) is 0 Å². The number of methoxy groups -OCH3 is 1. The zero-order chi connectivity index (χ0) is 13.1. The molecule has 4 heteroatoms. The Labute approximate surface area is 103 Å². The predicted molar refractivity (Wildman–Crippen MR) is 65.7 cm³/mol. The molecule has 4 nitrogen and oxygen atoms in total. The average Bonchev–Trinajstić information content (AvgIpc) is 2.28. The first-order valence-corrected chi connectivity index (χ1v) is 6.24. The van der Waals surface area contributed by atoms with Crippen molar-refractivity contribution in [3.05, 3.63) is 0 Å². The number of likely N-dealkylation sites (tertiary alicyclic amines) is 1. The molecule has 1 heterocycles. The number of hydrogen-bond donors (Lipinski definition) is 0. The highest BCUT2D eigenvalue weighted by Crippen LogP contribution is 2.24. The zero-order valence-electron chi connectivity index (χ0n) is 11.3. The lowest BCUT2D eigenvalue weighted by Gasteiger charge is -2.39. The highest BCUT2D eigenvalue weighted by atomic mass is 16.5. The van der Waals surface area contributed by atoms with E-state index < -0.39 is 5.60 Å². The summed E-state index contributed by atoms with van der Waals surface area (Å²) >= 11 is 0. The van der Waals surface area contributed by atoms with E-state index in [9.17, 15) is 9.59 Å². The van der Waals surface area contributed by atoms with Crippen LogP contribution in [-0.2, 0) is 14.3 Å². The lowest BCUT2D eigenvalue weighted by Crippen LogP contribution is -2.53. The summed E-state index contributed by atoms with van der Waals surface area (Å²) in [5, 5.41) is 0. The quantitative estimate of drug-likeness (QED) is 0.753. The van der Waals surface area contributed by atoms with Crippen molar-refractivity contribution in [2.24, 2.45) is 0 Å². The number of hydrogen-bond acceptors (Lipinski definition) is 3.